The quantitative estimate of drug-likeness (QED) is 0.800. The van der Waals surface area contributed by atoms with Crippen LogP contribution in [0.4, 0.5) is 4.39 Å². The molecule has 0 radical (unpaired) electrons. The maximum Gasteiger partial charge on any atom is 0.231 e. The average molecular weight is 284 g/mol. The smallest absolute Gasteiger partial charge is 0.231 e. The molecular weight excluding hydrogens is 271 g/mol. The second-order valence-corrected chi connectivity index (χ2v) is 4.78. The minimum Gasteiger partial charge on any atom is -0.508 e. The molecule has 2 aromatic carbocycles. The number of phenols is 1. The Labute approximate surface area is 120 Å². The number of halogens is 1. The molecule has 0 unspecified atom stereocenters. The first-order chi connectivity index (χ1) is 10.1. The second-order valence-electron chi connectivity index (χ2n) is 4.78. The lowest BCUT2D eigenvalue weighted by Crippen LogP contribution is -1.90. The normalized spacial score (nSPS) is 10.8. The number of hydrogen-bond acceptors (Lipinski definition) is 4. The summed E-state index contributed by atoms with van der Waals surface area (Å²) in [5, 5.41) is 13.6. The van der Waals surface area contributed by atoms with E-state index in [2.05, 4.69) is 10.1 Å². The zero-order valence-corrected chi connectivity index (χ0v) is 11.4. The van der Waals surface area contributed by atoms with Crippen LogP contribution in [0.2, 0.25) is 0 Å². The van der Waals surface area contributed by atoms with Crippen LogP contribution >= 0.6 is 0 Å². The van der Waals surface area contributed by atoms with Crippen LogP contribution in [0.25, 0.3) is 11.4 Å². The van der Waals surface area contributed by atoms with E-state index >= 15 is 0 Å². The number of aryl methyl sites for hydroxylation is 1. The van der Waals surface area contributed by atoms with E-state index < -0.39 is 0 Å². The van der Waals surface area contributed by atoms with Crippen molar-refractivity contribution < 1.29 is 14.0 Å². The number of benzene rings is 2. The standard InChI is InChI=1S/C16H13FN2O2/c1-10-8-12(6-7-13(10)17)16-18-15(21-19-16)9-11-4-2-3-5-14(11)20/h2-8,20H,9H2,1H3. The Morgan fingerprint density at radius 3 is 2.76 bits per heavy atom. The van der Waals surface area contributed by atoms with Crippen molar-refractivity contribution in [3.8, 4) is 17.1 Å². The third-order valence-corrected chi connectivity index (χ3v) is 3.22. The van der Waals surface area contributed by atoms with E-state index in [1.165, 1.54) is 6.07 Å². The Morgan fingerprint density at radius 1 is 1.19 bits per heavy atom. The molecule has 3 aromatic rings. The highest BCUT2D eigenvalue weighted by Gasteiger charge is 2.12. The minimum absolute atomic E-state index is 0.190. The first-order valence-corrected chi connectivity index (χ1v) is 6.49. The summed E-state index contributed by atoms with van der Waals surface area (Å²) >= 11 is 0. The van der Waals surface area contributed by atoms with Gasteiger partial charge in [-0.1, -0.05) is 23.4 Å². The molecule has 0 amide bonds. The van der Waals surface area contributed by atoms with Crippen molar-refractivity contribution in [1.82, 2.24) is 10.1 Å². The van der Waals surface area contributed by atoms with E-state index in [9.17, 15) is 9.50 Å². The summed E-state index contributed by atoms with van der Waals surface area (Å²) in [5.74, 6) is 0.726. The molecule has 0 fully saturated rings. The van der Waals surface area contributed by atoms with Crippen molar-refractivity contribution in [2.75, 3.05) is 0 Å². The van der Waals surface area contributed by atoms with Crippen LogP contribution in [0, 0.1) is 12.7 Å². The number of rotatable bonds is 3. The monoisotopic (exact) mass is 284 g/mol. The summed E-state index contributed by atoms with van der Waals surface area (Å²) in [7, 11) is 0. The van der Waals surface area contributed by atoms with Gasteiger partial charge in [0, 0.05) is 11.1 Å². The molecule has 0 aliphatic carbocycles. The van der Waals surface area contributed by atoms with E-state index in [1.54, 1.807) is 37.3 Å². The molecule has 4 nitrogen and oxygen atoms in total. The van der Waals surface area contributed by atoms with Gasteiger partial charge >= 0.3 is 0 Å². The molecule has 0 spiro atoms. The Bertz CT molecular complexity index is 783. The van der Waals surface area contributed by atoms with Gasteiger partial charge in [-0.3, -0.25) is 0 Å². The number of aromatic nitrogens is 2. The summed E-state index contributed by atoms with van der Waals surface area (Å²) in [6.45, 7) is 1.68. The molecule has 1 aromatic heterocycles. The van der Waals surface area contributed by atoms with E-state index in [0.29, 0.717) is 34.8 Å². The van der Waals surface area contributed by atoms with Gasteiger partial charge < -0.3 is 9.63 Å². The number of nitrogens with zero attached hydrogens (tertiary/aromatic N) is 2. The highest BCUT2D eigenvalue weighted by molar-refractivity contribution is 5.55. The molecule has 3 rings (SSSR count). The zero-order valence-electron chi connectivity index (χ0n) is 11.4. The highest BCUT2D eigenvalue weighted by atomic mass is 19.1. The van der Waals surface area contributed by atoms with Crippen LogP contribution in [0.15, 0.2) is 47.0 Å². The van der Waals surface area contributed by atoms with E-state index in [4.69, 9.17) is 4.52 Å². The summed E-state index contributed by atoms with van der Waals surface area (Å²) < 4.78 is 18.4. The van der Waals surface area contributed by atoms with Crippen molar-refractivity contribution >= 4 is 0 Å². The Kier molecular flexibility index (Phi) is 3.39. The van der Waals surface area contributed by atoms with Crippen LogP contribution in [-0.2, 0) is 6.42 Å². The third-order valence-electron chi connectivity index (χ3n) is 3.22. The van der Waals surface area contributed by atoms with Gasteiger partial charge in [-0.25, -0.2) is 4.39 Å². The Balaban J connectivity index is 1.86. The molecule has 1 heterocycles. The summed E-state index contributed by atoms with van der Waals surface area (Å²) in [4.78, 5) is 4.28. The molecular formula is C16H13FN2O2. The predicted molar refractivity (Wildman–Crippen MR) is 75.3 cm³/mol. The van der Waals surface area contributed by atoms with E-state index in [-0.39, 0.29) is 11.6 Å². The van der Waals surface area contributed by atoms with Crippen molar-refractivity contribution in [3.63, 3.8) is 0 Å². The molecule has 0 saturated carbocycles. The van der Waals surface area contributed by atoms with Gasteiger partial charge in [0.15, 0.2) is 0 Å². The van der Waals surface area contributed by atoms with Crippen LogP contribution in [-0.4, -0.2) is 15.2 Å². The van der Waals surface area contributed by atoms with Crippen LogP contribution in [0.5, 0.6) is 5.75 Å². The van der Waals surface area contributed by atoms with Gasteiger partial charge in [0.2, 0.25) is 11.7 Å². The van der Waals surface area contributed by atoms with Crippen molar-refractivity contribution in [2.45, 2.75) is 13.3 Å². The number of para-hydroxylation sites is 1. The number of aromatic hydroxyl groups is 1. The first-order valence-electron chi connectivity index (χ1n) is 6.49. The Hall–Kier alpha value is -2.69. The van der Waals surface area contributed by atoms with Crippen molar-refractivity contribution in [2.24, 2.45) is 0 Å². The largest absolute Gasteiger partial charge is 0.508 e. The fraction of sp³-hybridized carbons (Fsp3) is 0.125. The molecule has 0 atom stereocenters. The third kappa shape index (κ3) is 2.76. The van der Waals surface area contributed by atoms with Gasteiger partial charge in [-0.05, 0) is 36.8 Å². The lowest BCUT2D eigenvalue weighted by atomic mass is 10.1. The summed E-state index contributed by atoms with van der Waals surface area (Å²) in [6.07, 6.45) is 0.347. The maximum absolute atomic E-state index is 13.3. The molecule has 0 bridgehead atoms. The Morgan fingerprint density at radius 2 is 2.00 bits per heavy atom. The molecule has 0 aliphatic heterocycles. The molecule has 106 valence electrons. The lowest BCUT2D eigenvalue weighted by molar-refractivity contribution is 0.383. The molecule has 21 heavy (non-hydrogen) atoms. The molecule has 0 aliphatic rings. The van der Waals surface area contributed by atoms with Crippen molar-refractivity contribution in [3.05, 3.63) is 65.3 Å². The van der Waals surface area contributed by atoms with E-state index in [0.717, 1.165) is 0 Å². The van der Waals surface area contributed by atoms with Gasteiger partial charge in [-0.2, -0.15) is 4.98 Å². The van der Waals surface area contributed by atoms with E-state index in [1.807, 2.05) is 6.07 Å². The first kappa shape index (κ1) is 13.3. The topological polar surface area (TPSA) is 59.2 Å². The zero-order chi connectivity index (χ0) is 14.8. The molecule has 0 saturated heterocycles. The second kappa shape index (κ2) is 5.36. The van der Waals surface area contributed by atoms with Gasteiger partial charge in [0.1, 0.15) is 11.6 Å². The fourth-order valence-electron chi connectivity index (χ4n) is 2.05. The minimum atomic E-state index is -0.267. The lowest BCUT2D eigenvalue weighted by Gasteiger charge is -1.99. The van der Waals surface area contributed by atoms with Crippen LogP contribution in [0.1, 0.15) is 17.0 Å². The van der Waals surface area contributed by atoms with Gasteiger partial charge in [-0.15, -0.1) is 0 Å². The maximum atomic E-state index is 13.3. The summed E-state index contributed by atoms with van der Waals surface area (Å²) in [6, 6.07) is 11.6. The summed E-state index contributed by atoms with van der Waals surface area (Å²) in [5.41, 5.74) is 1.93. The van der Waals surface area contributed by atoms with Gasteiger partial charge in [0.05, 0.1) is 6.42 Å². The predicted octanol–water partition coefficient (Wildman–Crippen LogP) is 3.48. The fourth-order valence-corrected chi connectivity index (χ4v) is 2.05. The number of phenolic OH excluding ortho intramolecular Hbond substituents is 1. The highest BCUT2D eigenvalue weighted by Crippen LogP contribution is 2.22. The van der Waals surface area contributed by atoms with Crippen LogP contribution in [0.3, 0.4) is 0 Å². The molecule has 5 heteroatoms. The molecule has 1 N–H and O–H groups in total. The van der Waals surface area contributed by atoms with Gasteiger partial charge in [0.25, 0.3) is 0 Å². The average Bonchev–Trinajstić information content (AvgIpc) is 2.93. The number of hydrogen-bond donors (Lipinski definition) is 1. The van der Waals surface area contributed by atoms with Crippen LogP contribution < -0.4 is 0 Å². The van der Waals surface area contributed by atoms with Crippen molar-refractivity contribution in [1.29, 1.82) is 0 Å². The SMILES string of the molecule is Cc1cc(-c2noc(Cc3ccccc3O)n2)ccc1F.